The van der Waals surface area contributed by atoms with Crippen LogP contribution in [0.5, 0.6) is 0 Å². The van der Waals surface area contributed by atoms with Gasteiger partial charge >= 0.3 is 11.9 Å². The summed E-state index contributed by atoms with van der Waals surface area (Å²) >= 11 is 0. The zero-order chi connectivity index (χ0) is 21.4. The SMILES string of the molecule is CCN(CC)C(C(=O)Nc1cc(C(=O)OC)cc(C(=O)OC)c1)c1ccccc1. The zero-order valence-corrected chi connectivity index (χ0v) is 17.1. The summed E-state index contributed by atoms with van der Waals surface area (Å²) in [6.07, 6.45) is 0. The van der Waals surface area contributed by atoms with E-state index in [1.54, 1.807) is 0 Å². The Balaban J connectivity index is 2.42. The highest BCUT2D eigenvalue weighted by molar-refractivity contribution is 6.00. The van der Waals surface area contributed by atoms with Crippen LogP contribution in [-0.2, 0) is 14.3 Å². The molecule has 1 atom stereocenters. The minimum absolute atomic E-state index is 0.143. The molecule has 2 rings (SSSR count). The van der Waals surface area contributed by atoms with Gasteiger partial charge in [-0.25, -0.2) is 9.59 Å². The molecule has 1 N–H and O–H groups in total. The minimum atomic E-state index is -0.616. The molecule has 0 aliphatic carbocycles. The Kier molecular flexibility index (Phi) is 7.91. The van der Waals surface area contributed by atoms with Crippen LogP contribution in [0.3, 0.4) is 0 Å². The fourth-order valence-corrected chi connectivity index (χ4v) is 3.13. The third kappa shape index (κ3) is 5.42. The number of nitrogens with zero attached hydrogens (tertiary/aromatic N) is 1. The number of carbonyl (C=O) groups excluding carboxylic acids is 3. The molecule has 2 aromatic rings. The van der Waals surface area contributed by atoms with Crippen LogP contribution in [0.2, 0.25) is 0 Å². The van der Waals surface area contributed by atoms with Crippen molar-refractivity contribution in [2.24, 2.45) is 0 Å². The maximum atomic E-state index is 13.2. The molecular weight excluding hydrogens is 372 g/mol. The van der Waals surface area contributed by atoms with Crippen LogP contribution in [0.25, 0.3) is 0 Å². The van der Waals surface area contributed by atoms with Crippen LogP contribution in [0.4, 0.5) is 5.69 Å². The summed E-state index contributed by atoms with van der Waals surface area (Å²) in [6, 6.07) is 13.2. The second-order valence-corrected chi connectivity index (χ2v) is 6.31. The molecule has 154 valence electrons. The zero-order valence-electron chi connectivity index (χ0n) is 17.1. The van der Waals surface area contributed by atoms with Gasteiger partial charge in [-0.3, -0.25) is 9.69 Å². The first-order valence-electron chi connectivity index (χ1n) is 9.36. The number of amides is 1. The maximum Gasteiger partial charge on any atom is 0.337 e. The third-order valence-corrected chi connectivity index (χ3v) is 4.58. The number of anilines is 1. The van der Waals surface area contributed by atoms with E-state index in [0.29, 0.717) is 18.8 Å². The number of esters is 2. The van der Waals surface area contributed by atoms with Crippen molar-refractivity contribution >= 4 is 23.5 Å². The van der Waals surface area contributed by atoms with Crippen LogP contribution >= 0.6 is 0 Å². The lowest BCUT2D eigenvalue weighted by molar-refractivity contribution is -0.121. The minimum Gasteiger partial charge on any atom is -0.465 e. The fourth-order valence-electron chi connectivity index (χ4n) is 3.13. The van der Waals surface area contributed by atoms with Crippen molar-refractivity contribution in [3.05, 3.63) is 65.2 Å². The van der Waals surface area contributed by atoms with E-state index >= 15 is 0 Å². The summed E-state index contributed by atoms with van der Waals surface area (Å²) in [6.45, 7) is 5.33. The number of methoxy groups -OCH3 is 2. The second-order valence-electron chi connectivity index (χ2n) is 6.31. The van der Waals surface area contributed by atoms with Crippen molar-refractivity contribution in [1.29, 1.82) is 0 Å². The summed E-state index contributed by atoms with van der Waals surface area (Å²) in [4.78, 5) is 39.2. The molecule has 0 saturated heterocycles. The van der Waals surface area contributed by atoms with Gasteiger partial charge < -0.3 is 14.8 Å². The molecule has 0 saturated carbocycles. The number of nitrogens with one attached hydrogen (secondary N) is 1. The van der Waals surface area contributed by atoms with Gasteiger partial charge in [-0.05, 0) is 36.9 Å². The summed E-state index contributed by atoms with van der Waals surface area (Å²) < 4.78 is 9.48. The van der Waals surface area contributed by atoms with Gasteiger partial charge in [0.2, 0.25) is 5.91 Å². The highest BCUT2D eigenvalue weighted by Gasteiger charge is 2.26. The van der Waals surface area contributed by atoms with Crippen LogP contribution in [0, 0.1) is 0 Å². The Labute approximate surface area is 170 Å². The summed E-state index contributed by atoms with van der Waals surface area (Å²) in [5.41, 5.74) is 1.45. The van der Waals surface area contributed by atoms with E-state index in [2.05, 4.69) is 5.32 Å². The lowest BCUT2D eigenvalue weighted by Crippen LogP contribution is -2.37. The fraction of sp³-hybridized carbons (Fsp3) is 0.318. The smallest absolute Gasteiger partial charge is 0.337 e. The van der Waals surface area contributed by atoms with Gasteiger partial charge in [0.05, 0.1) is 25.3 Å². The van der Waals surface area contributed by atoms with Crippen molar-refractivity contribution in [3.63, 3.8) is 0 Å². The first-order valence-corrected chi connectivity index (χ1v) is 9.36. The van der Waals surface area contributed by atoms with Crippen LogP contribution in [0.1, 0.15) is 46.2 Å². The van der Waals surface area contributed by atoms with Crippen molar-refractivity contribution < 1.29 is 23.9 Å². The van der Waals surface area contributed by atoms with E-state index in [1.165, 1.54) is 32.4 Å². The van der Waals surface area contributed by atoms with Gasteiger partial charge in [-0.1, -0.05) is 44.2 Å². The molecule has 0 fully saturated rings. The van der Waals surface area contributed by atoms with E-state index in [1.807, 2.05) is 49.1 Å². The van der Waals surface area contributed by atoms with Crippen molar-refractivity contribution in [2.75, 3.05) is 32.6 Å². The topological polar surface area (TPSA) is 84.9 Å². The number of rotatable bonds is 8. The molecule has 1 unspecified atom stereocenters. The van der Waals surface area contributed by atoms with Gasteiger partial charge in [-0.2, -0.15) is 0 Å². The van der Waals surface area contributed by atoms with E-state index in [0.717, 1.165) is 5.56 Å². The Morgan fingerprint density at radius 1 is 0.897 bits per heavy atom. The lowest BCUT2D eigenvalue weighted by atomic mass is 10.0. The second kappa shape index (κ2) is 10.4. The van der Waals surface area contributed by atoms with Crippen LogP contribution in [0.15, 0.2) is 48.5 Å². The first kappa shape index (κ1) is 22.1. The predicted molar refractivity (Wildman–Crippen MR) is 110 cm³/mol. The van der Waals surface area contributed by atoms with E-state index < -0.39 is 18.0 Å². The van der Waals surface area contributed by atoms with Gasteiger partial charge in [0.25, 0.3) is 0 Å². The first-order chi connectivity index (χ1) is 13.9. The van der Waals surface area contributed by atoms with Gasteiger partial charge in [-0.15, -0.1) is 0 Å². The van der Waals surface area contributed by atoms with E-state index in [4.69, 9.17) is 9.47 Å². The van der Waals surface area contributed by atoms with Crippen LogP contribution in [-0.4, -0.2) is 50.1 Å². The Morgan fingerprint density at radius 2 is 1.41 bits per heavy atom. The molecule has 0 radical (unpaired) electrons. The monoisotopic (exact) mass is 398 g/mol. The molecule has 0 bridgehead atoms. The summed E-state index contributed by atoms with van der Waals surface area (Å²) in [7, 11) is 2.49. The average Bonchev–Trinajstić information content (AvgIpc) is 2.76. The van der Waals surface area contributed by atoms with Crippen LogP contribution < -0.4 is 5.32 Å². The number of hydrogen-bond donors (Lipinski definition) is 1. The third-order valence-electron chi connectivity index (χ3n) is 4.58. The molecular formula is C22H26N2O5. The van der Waals surface area contributed by atoms with Gasteiger partial charge in [0.15, 0.2) is 0 Å². The molecule has 0 aliphatic heterocycles. The molecule has 1 amide bonds. The lowest BCUT2D eigenvalue weighted by Gasteiger charge is -2.29. The van der Waals surface area contributed by atoms with Gasteiger partial charge in [0.1, 0.15) is 6.04 Å². The Hall–Kier alpha value is -3.19. The summed E-state index contributed by atoms with van der Waals surface area (Å²) in [5.74, 6) is -1.50. The summed E-state index contributed by atoms with van der Waals surface area (Å²) in [5, 5.41) is 2.83. The Morgan fingerprint density at radius 3 is 1.86 bits per heavy atom. The van der Waals surface area contributed by atoms with Gasteiger partial charge in [0, 0.05) is 5.69 Å². The molecule has 2 aromatic carbocycles. The molecule has 0 heterocycles. The van der Waals surface area contributed by atoms with Crippen molar-refractivity contribution in [3.8, 4) is 0 Å². The maximum absolute atomic E-state index is 13.2. The highest BCUT2D eigenvalue weighted by atomic mass is 16.5. The molecule has 7 nitrogen and oxygen atoms in total. The molecule has 7 heteroatoms. The number of benzene rings is 2. The van der Waals surface area contributed by atoms with E-state index in [-0.39, 0.29) is 17.0 Å². The standard InChI is InChI=1S/C22H26N2O5/c1-5-24(6-2)19(15-10-8-7-9-11-15)20(25)23-18-13-16(21(26)28-3)12-17(14-18)22(27)29-4/h7-14,19H,5-6H2,1-4H3,(H,23,25). The number of carbonyl (C=O) groups is 3. The Bertz CT molecular complexity index is 829. The quantitative estimate of drug-likeness (QED) is 0.687. The highest BCUT2D eigenvalue weighted by Crippen LogP contribution is 2.24. The number of hydrogen-bond acceptors (Lipinski definition) is 6. The van der Waals surface area contributed by atoms with E-state index in [9.17, 15) is 14.4 Å². The molecule has 0 aromatic heterocycles. The molecule has 29 heavy (non-hydrogen) atoms. The van der Waals surface area contributed by atoms with Crippen molar-refractivity contribution in [2.45, 2.75) is 19.9 Å². The largest absolute Gasteiger partial charge is 0.465 e. The number of likely N-dealkylation sites (N-methyl/N-ethyl adjacent to an activating group) is 1. The van der Waals surface area contributed by atoms with Crippen molar-refractivity contribution in [1.82, 2.24) is 4.90 Å². The number of ether oxygens (including phenoxy) is 2. The molecule has 0 aliphatic rings. The molecule has 0 spiro atoms. The predicted octanol–water partition coefficient (Wildman–Crippen LogP) is 3.28. The normalized spacial score (nSPS) is 11.6. The average molecular weight is 398 g/mol.